The summed E-state index contributed by atoms with van der Waals surface area (Å²) in [6.07, 6.45) is 0. The van der Waals surface area contributed by atoms with Gasteiger partial charge < -0.3 is 5.11 Å². The Morgan fingerprint density at radius 1 is 1.14 bits per heavy atom. The van der Waals surface area contributed by atoms with Crippen LogP contribution in [-0.4, -0.2) is 9.67 Å². The highest BCUT2D eigenvalue weighted by Gasteiger charge is 2.19. The lowest BCUT2D eigenvalue weighted by molar-refractivity contribution is 0.412. The van der Waals surface area contributed by atoms with Gasteiger partial charge in [0.25, 0.3) is 5.56 Å². The Hall–Kier alpha value is -3.14. The Labute approximate surface area is 170 Å². The third-order valence-corrected chi connectivity index (χ3v) is 4.66. The summed E-state index contributed by atoms with van der Waals surface area (Å²) in [5.41, 5.74) is 0.708. The molecule has 0 saturated heterocycles. The van der Waals surface area contributed by atoms with Crippen molar-refractivity contribution in [3.8, 4) is 11.9 Å². The van der Waals surface area contributed by atoms with Crippen molar-refractivity contribution in [1.29, 1.82) is 5.26 Å². The molecular weight excluding hydrogens is 399 g/mol. The first-order valence-electron chi connectivity index (χ1n) is 8.19. The fourth-order valence-corrected chi connectivity index (χ4v) is 3.08. The van der Waals surface area contributed by atoms with Gasteiger partial charge in [-0.2, -0.15) is 5.26 Å². The number of hydrogen-bond donors (Lipinski definition) is 1. The quantitative estimate of drug-likeness (QED) is 0.572. The molecule has 6 nitrogen and oxygen atoms in total. The molecule has 0 bridgehead atoms. The molecule has 2 aromatic carbocycles. The number of aromatic hydroxyl groups is 1. The minimum absolute atomic E-state index is 0.0355. The molecule has 0 saturated carbocycles. The standard InChI is InChI=1S/C20H14Cl2N4O2/c1-12-15(10-23)19(27)26(11-13-5-3-2-4-6-13)20(28)18(12)25-24-17-8-7-14(21)9-16(17)22/h2-9,27H,11H2,1H3. The number of nitriles is 1. The second-order valence-electron chi connectivity index (χ2n) is 5.96. The van der Waals surface area contributed by atoms with Crippen LogP contribution in [0.3, 0.4) is 0 Å². The number of azo groups is 1. The molecule has 0 amide bonds. The summed E-state index contributed by atoms with van der Waals surface area (Å²) < 4.78 is 1.10. The zero-order valence-corrected chi connectivity index (χ0v) is 16.2. The number of hydrogen-bond acceptors (Lipinski definition) is 5. The molecule has 0 fully saturated rings. The van der Waals surface area contributed by atoms with Gasteiger partial charge in [-0.25, -0.2) is 0 Å². The minimum atomic E-state index is -0.563. The van der Waals surface area contributed by atoms with E-state index in [1.54, 1.807) is 12.1 Å². The summed E-state index contributed by atoms with van der Waals surface area (Å²) in [5.74, 6) is -0.405. The number of nitrogens with zero attached hydrogens (tertiary/aromatic N) is 4. The molecule has 0 aliphatic heterocycles. The van der Waals surface area contributed by atoms with Crippen molar-refractivity contribution < 1.29 is 5.11 Å². The highest BCUT2D eigenvalue weighted by Crippen LogP contribution is 2.31. The number of halogens is 2. The predicted molar refractivity (Wildman–Crippen MR) is 108 cm³/mol. The normalized spacial score (nSPS) is 10.9. The fourth-order valence-electron chi connectivity index (χ4n) is 2.64. The molecule has 28 heavy (non-hydrogen) atoms. The van der Waals surface area contributed by atoms with E-state index in [1.807, 2.05) is 36.4 Å². The summed E-state index contributed by atoms with van der Waals surface area (Å²) in [6, 6.07) is 15.7. The fraction of sp³-hybridized carbons (Fsp3) is 0.100. The lowest BCUT2D eigenvalue weighted by atomic mass is 10.1. The maximum Gasteiger partial charge on any atom is 0.281 e. The van der Waals surface area contributed by atoms with Crippen molar-refractivity contribution in [1.82, 2.24) is 4.57 Å². The maximum atomic E-state index is 12.9. The number of aromatic nitrogens is 1. The summed E-state index contributed by atoms with van der Waals surface area (Å²) in [6.45, 7) is 1.62. The molecule has 0 atom stereocenters. The van der Waals surface area contributed by atoms with Crippen molar-refractivity contribution in [3.63, 3.8) is 0 Å². The van der Waals surface area contributed by atoms with Gasteiger partial charge in [0.15, 0.2) is 5.69 Å². The van der Waals surface area contributed by atoms with Crippen LogP contribution < -0.4 is 5.56 Å². The Kier molecular flexibility index (Phi) is 5.78. The van der Waals surface area contributed by atoms with Crippen LogP contribution in [0.2, 0.25) is 10.0 Å². The van der Waals surface area contributed by atoms with E-state index >= 15 is 0 Å². The third-order valence-electron chi connectivity index (χ3n) is 4.12. The van der Waals surface area contributed by atoms with Gasteiger partial charge in [0.05, 0.1) is 11.6 Å². The molecule has 3 aromatic rings. The largest absolute Gasteiger partial charge is 0.493 e. The minimum Gasteiger partial charge on any atom is -0.493 e. The molecule has 0 aliphatic carbocycles. The lowest BCUT2D eigenvalue weighted by Gasteiger charge is -2.13. The van der Waals surface area contributed by atoms with E-state index in [-0.39, 0.29) is 28.4 Å². The van der Waals surface area contributed by atoms with Crippen LogP contribution >= 0.6 is 23.2 Å². The second-order valence-corrected chi connectivity index (χ2v) is 6.80. The maximum absolute atomic E-state index is 12.9. The van der Waals surface area contributed by atoms with E-state index in [1.165, 1.54) is 13.0 Å². The zero-order chi connectivity index (χ0) is 20.3. The van der Waals surface area contributed by atoms with Crippen LogP contribution in [0, 0.1) is 18.3 Å². The van der Waals surface area contributed by atoms with Crippen LogP contribution in [0.25, 0.3) is 0 Å². The van der Waals surface area contributed by atoms with Gasteiger partial charge in [-0.3, -0.25) is 9.36 Å². The van der Waals surface area contributed by atoms with Gasteiger partial charge in [-0.05, 0) is 30.7 Å². The first kappa shape index (κ1) is 19.6. The average molecular weight is 413 g/mol. The van der Waals surface area contributed by atoms with E-state index in [0.29, 0.717) is 10.7 Å². The van der Waals surface area contributed by atoms with Gasteiger partial charge in [-0.15, -0.1) is 10.2 Å². The van der Waals surface area contributed by atoms with Gasteiger partial charge in [0.2, 0.25) is 5.88 Å². The average Bonchev–Trinajstić information content (AvgIpc) is 2.68. The number of pyridine rings is 1. The second kappa shape index (κ2) is 8.26. The summed E-state index contributed by atoms with van der Waals surface area (Å²) in [4.78, 5) is 12.9. The van der Waals surface area contributed by atoms with Crippen LogP contribution in [-0.2, 0) is 6.54 Å². The molecule has 0 aliphatic rings. The Morgan fingerprint density at radius 2 is 1.86 bits per heavy atom. The summed E-state index contributed by atoms with van der Waals surface area (Å²) in [5, 5.41) is 28.6. The van der Waals surface area contributed by atoms with Gasteiger partial charge in [-0.1, -0.05) is 53.5 Å². The highest BCUT2D eigenvalue weighted by molar-refractivity contribution is 6.36. The molecule has 1 N–H and O–H groups in total. The van der Waals surface area contributed by atoms with Gasteiger partial charge in [0, 0.05) is 10.6 Å². The third kappa shape index (κ3) is 3.91. The molecule has 1 heterocycles. The SMILES string of the molecule is Cc1c(C#N)c(O)n(Cc2ccccc2)c(=O)c1N=Nc1ccc(Cl)cc1Cl. The Balaban J connectivity index is 2.13. The van der Waals surface area contributed by atoms with E-state index in [4.69, 9.17) is 23.2 Å². The van der Waals surface area contributed by atoms with Crippen molar-refractivity contribution in [2.75, 3.05) is 0 Å². The topological polar surface area (TPSA) is 90.7 Å². The molecule has 1 aromatic heterocycles. The van der Waals surface area contributed by atoms with Gasteiger partial charge >= 0.3 is 0 Å². The van der Waals surface area contributed by atoms with Crippen molar-refractivity contribution in [3.05, 3.63) is 85.6 Å². The van der Waals surface area contributed by atoms with E-state index in [0.717, 1.165) is 10.1 Å². The summed E-state index contributed by atoms with van der Waals surface area (Å²) >= 11 is 11.9. The highest BCUT2D eigenvalue weighted by atomic mass is 35.5. The molecule has 140 valence electrons. The predicted octanol–water partition coefficient (Wildman–Crippen LogP) is 5.50. The van der Waals surface area contributed by atoms with Crippen LogP contribution in [0.1, 0.15) is 16.7 Å². The zero-order valence-electron chi connectivity index (χ0n) is 14.7. The van der Waals surface area contributed by atoms with Crippen molar-refractivity contribution >= 4 is 34.6 Å². The first-order valence-corrected chi connectivity index (χ1v) is 8.95. The monoisotopic (exact) mass is 412 g/mol. The van der Waals surface area contributed by atoms with Crippen LogP contribution in [0.5, 0.6) is 5.88 Å². The molecule has 0 spiro atoms. The summed E-state index contributed by atoms with van der Waals surface area (Å²) in [7, 11) is 0. The number of rotatable bonds is 4. The smallest absolute Gasteiger partial charge is 0.281 e. The molecule has 8 heteroatoms. The van der Waals surface area contributed by atoms with Crippen molar-refractivity contribution in [2.24, 2.45) is 10.2 Å². The molecule has 0 radical (unpaired) electrons. The Bertz CT molecular complexity index is 1170. The molecular formula is C20H14Cl2N4O2. The van der Waals surface area contributed by atoms with E-state index in [9.17, 15) is 15.2 Å². The van der Waals surface area contributed by atoms with Crippen LogP contribution in [0.4, 0.5) is 11.4 Å². The Morgan fingerprint density at radius 3 is 2.50 bits per heavy atom. The van der Waals surface area contributed by atoms with Crippen LogP contribution in [0.15, 0.2) is 63.6 Å². The van der Waals surface area contributed by atoms with Gasteiger partial charge in [0.1, 0.15) is 17.3 Å². The van der Waals surface area contributed by atoms with Crippen molar-refractivity contribution in [2.45, 2.75) is 13.5 Å². The first-order chi connectivity index (χ1) is 13.4. The van der Waals surface area contributed by atoms with E-state index < -0.39 is 11.4 Å². The van der Waals surface area contributed by atoms with E-state index in [2.05, 4.69) is 10.2 Å². The number of benzene rings is 2. The lowest BCUT2D eigenvalue weighted by Crippen LogP contribution is -2.22. The molecule has 3 rings (SSSR count). The molecule has 0 unspecified atom stereocenters.